The van der Waals surface area contributed by atoms with Gasteiger partial charge in [-0.05, 0) is 37.1 Å². The number of hydrogen-bond acceptors (Lipinski definition) is 4. The summed E-state index contributed by atoms with van der Waals surface area (Å²) in [5, 5.41) is 0. The van der Waals surface area contributed by atoms with Crippen molar-refractivity contribution in [2.24, 2.45) is 0 Å². The molecule has 0 saturated carbocycles. The Morgan fingerprint density at radius 1 is 1.23 bits per heavy atom. The number of oxazole rings is 1. The van der Waals surface area contributed by atoms with E-state index in [1.807, 2.05) is 18.2 Å². The monoisotopic (exact) mass is 297 g/mol. The van der Waals surface area contributed by atoms with Gasteiger partial charge in [0, 0.05) is 25.4 Å². The molecule has 3 aromatic rings. The maximum Gasteiger partial charge on any atom is 0.200 e. The van der Waals surface area contributed by atoms with Crippen molar-refractivity contribution < 1.29 is 8.81 Å². The number of fused-ring (bicyclic) bond motifs is 1. The van der Waals surface area contributed by atoms with Crippen molar-refractivity contribution in [3.8, 4) is 0 Å². The summed E-state index contributed by atoms with van der Waals surface area (Å²) in [6.45, 7) is 1.81. The molecule has 1 aromatic carbocycles. The average Bonchev–Trinajstić information content (AvgIpc) is 2.99. The highest BCUT2D eigenvalue weighted by atomic mass is 19.1. The number of piperidine rings is 1. The smallest absolute Gasteiger partial charge is 0.200 e. The van der Waals surface area contributed by atoms with Crippen molar-refractivity contribution >= 4 is 16.9 Å². The molecular weight excluding hydrogens is 281 g/mol. The summed E-state index contributed by atoms with van der Waals surface area (Å²) in [6.07, 6.45) is 3.90. The van der Waals surface area contributed by atoms with Crippen LogP contribution < -0.4 is 4.90 Å². The summed E-state index contributed by atoms with van der Waals surface area (Å²) in [5.74, 6) is 1.59. The predicted molar refractivity (Wildman–Crippen MR) is 82.4 cm³/mol. The number of rotatable bonds is 2. The molecule has 1 aliphatic rings. The minimum atomic E-state index is -0.297. The fraction of sp³-hybridized carbons (Fsp3) is 0.294. The molecule has 0 unspecified atom stereocenters. The van der Waals surface area contributed by atoms with Crippen molar-refractivity contribution in [1.82, 2.24) is 9.97 Å². The Morgan fingerprint density at radius 2 is 2.18 bits per heavy atom. The van der Waals surface area contributed by atoms with Gasteiger partial charge in [-0.25, -0.2) is 14.4 Å². The molecule has 0 bridgehead atoms. The molecule has 5 heteroatoms. The van der Waals surface area contributed by atoms with E-state index in [1.165, 1.54) is 12.1 Å². The first kappa shape index (κ1) is 13.2. The molecule has 3 heterocycles. The maximum atomic E-state index is 13.3. The summed E-state index contributed by atoms with van der Waals surface area (Å²) < 4.78 is 19.0. The molecule has 0 N–H and O–H groups in total. The van der Waals surface area contributed by atoms with Gasteiger partial charge in [0.2, 0.25) is 0 Å². The van der Waals surface area contributed by atoms with Crippen LogP contribution in [0.15, 0.2) is 47.0 Å². The largest absolute Gasteiger partial charge is 0.440 e. The molecular formula is C17H16FN3O. The summed E-state index contributed by atoms with van der Waals surface area (Å²) >= 11 is 0. The lowest BCUT2D eigenvalue weighted by Gasteiger charge is -2.32. The Balaban J connectivity index is 1.61. The summed E-state index contributed by atoms with van der Waals surface area (Å²) in [5.41, 5.74) is 1.23. The molecule has 1 atom stereocenters. The van der Waals surface area contributed by atoms with Gasteiger partial charge in [0.05, 0.1) is 5.92 Å². The lowest BCUT2D eigenvalue weighted by Crippen LogP contribution is -2.34. The molecule has 0 radical (unpaired) electrons. The van der Waals surface area contributed by atoms with Crippen LogP contribution in [0.4, 0.5) is 10.2 Å². The van der Waals surface area contributed by atoms with Gasteiger partial charge in [-0.1, -0.05) is 6.07 Å². The van der Waals surface area contributed by atoms with Crippen molar-refractivity contribution in [3.05, 3.63) is 54.3 Å². The highest BCUT2D eigenvalue weighted by Crippen LogP contribution is 2.30. The third-order valence-electron chi connectivity index (χ3n) is 4.11. The second-order valence-corrected chi connectivity index (χ2v) is 5.64. The first-order chi connectivity index (χ1) is 10.8. The fourth-order valence-electron chi connectivity index (χ4n) is 3.02. The van der Waals surface area contributed by atoms with Gasteiger partial charge < -0.3 is 9.32 Å². The Bertz CT molecular complexity index is 787. The zero-order chi connectivity index (χ0) is 14.9. The van der Waals surface area contributed by atoms with E-state index in [0.717, 1.165) is 31.7 Å². The SMILES string of the molecule is Fc1ccc2nc([C@H]3CCCN(c4ccccn4)C3)oc2c1. The zero-order valence-electron chi connectivity index (χ0n) is 12.1. The standard InChI is InChI=1S/C17H16FN3O/c18-13-6-7-14-15(10-13)22-17(20-14)12-4-3-9-21(11-12)16-5-1-2-8-19-16/h1-2,5-8,10,12H,3-4,9,11H2/t12-/m0/s1. The van der Waals surface area contributed by atoms with E-state index in [0.29, 0.717) is 17.0 Å². The van der Waals surface area contributed by atoms with Crippen molar-refractivity contribution in [1.29, 1.82) is 0 Å². The van der Waals surface area contributed by atoms with Gasteiger partial charge in [-0.2, -0.15) is 0 Å². The Morgan fingerprint density at radius 3 is 3.05 bits per heavy atom. The third kappa shape index (κ3) is 2.43. The number of pyridine rings is 1. The molecule has 0 spiro atoms. The number of aromatic nitrogens is 2. The maximum absolute atomic E-state index is 13.3. The number of benzene rings is 1. The van der Waals surface area contributed by atoms with Crippen molar-refractivity contribution in [2.45, 2.75) is 18.8 Å². The van der Waals surface area contributed by atoms with E-state index in [1.54, 1.807) is 12.3 Å². The minimum Gasteiger partial charge on any atom is -0.440 e. The highest BCUT2D eigenvalue weighted by Gasteiger charge is 2.26. The van der Waals surface area contributed by atoms with Crippen LogP contribution >= 0.6 is 0 Å². The normalized spacial score (nSPS) is 18.8. The van der Waals surface area contributed by atoms with E-state index in [4.69, 9.17) is 4.42 Å². The molecule has 4 rings (SSSR count). The lowest BCUT2D eigenvalue weighted by atomic mass is 9.98. The number of anilines is 1. The molecule has 22 heavy (non-hydrogen) atoms. The first-order valence-electron chi connectivity index (χ1n) is 7.51. The van der Waals surface area contributed by atoms with Crippen LogP contribution in [0.1, 0.15) is 24.7 Å². The summed E-state index contributed by atoms with van der Waals surface area (Å²) in [6, 6.07) is 10.4. The topological polar surface area (TPSA) is 42.2 Å². The molecule has 0 aliphatic carbocycles. The second-order valence-electron chi connectivity index (χ2n) is 5.64. The first-order valence-corrected chi connectivity index (χ1v) is 7.51. The molecule has 0 amide bonds. The number of nitrogens with zero attached hydrogens (tertiary/aromatic N) is 3. The van der Waals surface area contributed by atoms with Gasteiger partial charge in [-0.3, -0.25) is 0 Å². The molecule has 4 nitrogen and oxygen atoms in total. The fourth-order valence-corrected chi connectivity index (χ4v) is 3.02. The Hall–Kier alpha value is -2.43. The van der Waals surface area contributed by atoms with E-state index >= 15 is 0 Å². The lowest BCUT2D eigenvalue weighted by molar-refractivity contribution is 0.412. The minimum absolute atomic E-state index is 0.214. The summed E-state index contributed by atoms with van der Waals surface area (Å²) in [7, 11) is 0. The van der Waals surface area contributed by atoms with Gasteiger partial charge >= 0.3 is 0 Å². The van der Waals surface area contributed by atoms with Gasteiger partial charge in [0.1, 0.15) is 17.2 Å². The van der Waals surface area contributed by atoms with Crippen LogP contribution in [0.2, 0.25) is 0 Å². The number of halogens is 1. The Labute approximate surface area is 127 Å². The van der Waals surface area contributed by atoms with Crippen LogP contribution in [-0.4, -0.2) is 23.1 Å². The van der Waals surface area contributed by atoms with E-state index in [2.05, 4.69) is 14.9 Å². The summed E-state index contributed by atoms with van der Waals surface area (Å²) in [4.78, 5) is 11.2. The van der Waals surface area contributed by atoms with Crippen LogP contribution in [-0.2, 0) is 0 Å². The molecule has 112 valence electrons. The van der Waals surface area contributed by atoms with E-state index in [-0.39, 0.29) is 11.7 Å². The third-order valence-corrected chi connectivity index (χ3v) is 4.11. The Kier molecular flexibility index (Phi) is 3.25. The van der Waals surface area contributed by atoms with E-state index in [9.17, 15) is 4.39 Å². The molecule has 1 saturated heterocycles. The highest BCUT2D eigenvalue weighted by molar-refractivity contribution is 5.72. The van der Waals surface area contributed by atoms with Gasteiger partial charge in [0.25, 0.3) is 0 Å². The quantitative estimate of drug-likeness (QED) is 0.722. The van der Waals surface area contributed by atoms with Gasteiger partial charge in [-0.15, -0.1) is 0 Å². The second kappa shape index (κ2) is 5.40. The molecule has 1 fully saturated rings. The van der Waals surface area contributed by atoms with Crippen molar-refractivity contribution in [3.63, 3.8) is 0 Å². The van der Waals surface area contributed by atoms with Crippen molar-refractivity contribution in [2.75, 3.05) is 18.0 Å². The van der Waals surface area contributed by atoms with Crippen LogP contribution in [0, 0.1) is 5.82 Å². The molecule has 1 aliphatic heterocycles. The van der Waals surface area contributed by atoms with Crippen LogP contribution in [0.25, 0.3) is 11.1 Å². The van der Waals surface area contributed by atoms with E-state index < -0.39 is 0 Å². The predicted octanol–water partition coefficient (Wildman–Crippen LogP) is 3.75. The van der Waals surface area contributed by atoms with Gasteiger partial charge in [0.15, 0.2) is 11.5 Å². The van der Waals surface area contributed by atoms with Crippen LogP contribution in [0.3, 0.4) is 0 Å². The average molecular weight is 297 g/mol. The number of hydrogen-bond donors (Lipinski definition) is 0. The van der Waals surface area contributed by atoms with Crippen LogP contribution in [0.5, 0.6) is 0 Å². The zero-order valence-corrected chi connectivity index (χ0v) is 12.1. The molecule has 2 aromatic heterocycles.